The van der Waals surface area contributed by atoms with Gasteiger partial charge in [-0.05, 0) is 38.3 Å². The normalized spacial score (nSPS) is 14.6. The highest BCUT2D eigenvalue weighted by atomic mass is 127. The van der Waals surface area contributed by atoms with Crippen LogP contribution in [0, 0.1) is 0 Å². The Morgan fingerprint density at radius 3 is 2.75 bits per heavy atom. The summed E-state index contributed by atoms with van der Waals surface area (Å²) < 4.78 is 6.76. The summed E-state index contributed by atoms with van der Waals surface area (Å²) in [5.74, 6) is 0.912. The minimum absolute atomic E-state index is 0. The van der Waals surface area contributed by atoms with Crippen LogP contribution in [0.3, 0.4) is 0 Å². The third-order valence-electron chi connectivity index (χ3n) is 3.33. The largest absolute Gasteiger partial charge is 1.00 e. The summed E-state index contributed by atoms with van der Waals surface area (Å²) in [5, 5.41) is 3.63. The molecule has 0 saturated heterocycles. The summed E-state index contributed by atoms with van der Waals surface area (Å²) in [4.78, 5) is 1.42. The molecule has 0 bridgehead atoms. The molecule has 2 aromatic rings. The Hall–Kier alpha value is -0.0500. The Labute approximate surface area is 148 Å². The molecule has 0 unspecified atom stereocenters. The minimum Gasteiger partial charge on any atom is -1.00 e. The maximum atomic E-state index is 5.37. The number of fused-ring (bicyclic) bond motifs is 3. The first kappa shape index (κ1) is 16.3. The first-order chi connectivity index (χ1) is 9.06. The van der Waals surface area contributed by atoms with Crippen molar-refractivity contribution in [3.8, 4) is 16.9 Å². The van der Waals surface area contributed by atoms with Crippen molar-refractivity contribution in [3.63, 3.8) is 0 Å². The highest BCUT2D eigenvalue weighted by Gasteiger charge is 2.39. The lowest BCUT2D eigenvalue weighted by Crippen LogP contribution is -3.00. The number of hydrogen-bond donors (Lipinski definition) is 1. The molecule has 0 fully saturated rings. The van der Waals surface area contributed by atoms with E-state index in [2.05, 4.69) is 37.6 Å². The van der Waals surface area contributed by atoms with Gasteiger partial charge in [0.2, 0.25) is 0 Å². The molecule has 0 radical (unpaired) electrons. The second-order valence-electron chi connectivity index (χ2n) is 5.02. The Morgan fingerprint density at radius 2 is 2.10 bits per heavy atom. The van der Waals surface area contributed by atoms with Gasteiger partial charge in [0.1, 0.15) is 10.6 Å². The number of benzene rings is 1. The van der Waals surface area contributed by atoms with Crippen LogP contribution in [0.1, 0.15) is 18.7 Å². The van der Waals surface area contributed by atoms with Crippen molar-refractivity contribution in [1.82, 2.24) is 0 Å². The van der Waals surface area contributed by atoms with Crippen LogP contribution in [0.5, 0.6) is 5.75 Å². The Kier molecular flexibility index (Phi) is 4.88. The molecular formula is C14H16INOS3. The molecular weight excluding hydrogens is 421 g/mol. The van der Waals surface area contributed by atoms with E-state index in [0.717, 1.165) is 5.75 Å². The fourth-order valence-corrected chi connectivity index (χ4v) is 6.75. The van der Waals surface area contributed by atoms with Gasteiger partial charge in [0.15, 0.2) is 10.3 Å². The van der Waals surface area contributed by atoms with Gasteiger partial charge in [0.05, 0.1) is 18.2 Å². The highest BCUT2D eigenvalue weighted by molar-refractivity contribution is 8.02. The van der Waals surface area contributed by atoms with Crippen molar-refractivity contribution in [1.29, 1.82) is 0 Å². The Morgan fingerprint density at radius 1 is 1.35 bits per heavy atom. The van der Waals surface area contributed by atoms with Gasteiger partial charge < -0.3 is 34.0 Å². The quantitative estimate of drug-likeness (QED) is 0.337. The van der Waals surface area contributed by atoms with E-state index in [1.54, 1.807) is 7.11 Å². The number of thioether (sulfide) groups is 1. The zero-order chi connectivity index (χ0) is 13.6. The second-order valence-corrected chi connectivity index (χ2v) is 8.25. The van der Waals surface area contributed by atoms with Gasteiger partial charge in [-0.3, -0.25) is 0 Å². The summed E-state index contributed by atoms with van der Waals surface area (Å²) in [7, 11) is 5.46. The lowest BCUT2D eigenvalue weighted by atomic mass is 9.90. The highest BCUT2D eigenvalue weighted by Crippen LogP contribution is 2.53. The maximum absolute atomic E-state index is 5.37. The van der Waals surface area contributed by atoms with E-state index in [-0.39, 0.29) is 29.5 Å². The number of halogens is 1. The van der Waals surface area contributed by atoms with Gasteiger partial charge in [-0.25, -0.2) is 0 Å². The number of anilines is 1. The van der Waals surface area contributed by atoms with E-state index in [1.807, 2.05) is 38.5 Å². The van der Waals surface area contributed by atoms with Crippen molar-refractivity contribution >= 4 is 38.1 Å². The molecule has 20 heavy (non-hydrogen) atoms. The van der Waals surface area contributed by atoms with Gasteiger partial charge in [-0.15, -0.1) is 0 Å². The van der Waals surface area contributed by atoms with Crippen LogP contribution < -0.4 is 34.0 Å². The van der Waals surface area contributed by atoms with Crippen molar-refractivity contribution in [2.24, 2.45) is 0 Å². The molecule has 108 valence electrons. The third-order valence-corrected chi connectivity index (χ3v) is 7.54. The molecule has 1 aliphatic heterocycles. The molecule has 1 aromatic heterocycles. The molecule has 0 saturated carbocycles. The van der Waals surface area contributed by atoms with Gasteiger partial charge in [-0.1, -0.05) is 11.8 Å². The average molecular weight is 437 g/mol. The molecule has 1 N–H and O–H groups in total. The molecule has 3 rings (SSSR count). The Balaban J connectivity index is 0.00000147. The van der Waals surface area contributed by atoms with Crippen molar-refractivity contribution in [3.05, 3.63) is 23.1 Å². The van der Waals surface area contributed by atoms with E-state index in [0.29, 0.717) is 0 Å². The van der Waals surface area contributed by atoms with E-state index >= 15 is 0 Å². The lowest BCUT2D eigenvalue weighted by molar-refractivity contribution is -0.00000427. The summed E-state index contributed by atoms with van der Waals surface area (Å²) >= 11 is 1.83. The van der Waals surface area contributed by atoms with E-state index in [1.165, 1.54) is 25.9 Å². The molecule has 1 aliphatic rings. The summed E-state index contributed by atoms with van der Waals surface area (Å²) in [6.07, 6.45) is 2.15. The SMILES string of the molecule is COc1ccc2c(c1)-c1c(s[s+]c1SC)C(C)(C)N2.[I-]. The average Bonchev–Trinajstić information content (AvgIpc) is 2.83. The minimum atomic E-state index is -0.00787. The standard InChI is InChI=1S/C14H16NOS3.HI/c1-14(2)12-11(13(17-4)19-18-12)9-7-8(16-3)5-6-10(9)15-14;/h5-7,15H,1-4H3;1H/q+1;/p-1. The third kappa shape index (κ3) is 2.55. The topological polar surface area (TPSA) is 21.3 Å². The lowest BCUT2D eigenvalue weighted by Gasteiger charge is -2.32. The summed E-state index contributed by atoms with van der Waals surface area (Å²) in [6.45, 7) is 4.48. The van der Waals surface area contributed by atoms with Crippen LogP contribution in [-0.4, -0.2) is 13.4 Å². The number of ether oxygens (including phenoxy) is 1. The van der Waals surface area contributed by atoms with Crippen molar-refractivity contribution < 1.29 is 28.7 Å². The van der Waals surface area contributed by atoms with Crippen LogP contribution in [0.4, 0.5) is 5.69 Å². The fourth-order valence-electron chi connectivity index (χ4n) is 2.40. The summed E-state index contributed by atoms with van der Waals surface area (Å²) in [5.41, 5.74) is 3.83. The molecule has 0 spiro atoms. The van der Waals surface area contributed by atoms with Gasteiger partial charge >= 0.3 is 10.3 Å². The van der Waals surface area contributed by atoms with Crippen molar-refractivity contribution in [2.75, 3.05) is 18.7 Å². The number of methoxy groups -OCH3 is 1. The van der Waals surface area contributed by atoms with Crippen LogP contribution in [0.2, 0.25) is 0 Å². The Bertz CT molecular complexity index is 639. The van der Waals surface area contributed by atoms with Crippen LogP contribution in [-0.2, 0) is 5.54 Å². The van der Waals surface area contributed by atoms with Gasteiger partial charge in [-0.2, -0.15) is 0 Å². The fraction of sp³-hybridized carbons (Fsp3) is 0.357. The first-order valence-corrected chi connectivity index (χ1v) is 9.41. The zero-order valence-corrected chi connectivity index (χ0v) is 16.3. The maximum Gasteiger partial charge on any atom is 0.308 e. The molecule has 1 aromatic carbocycles. The van der Waals surface area contributed by atoms with Gasteiger partial charge in [0, 0.05) is 11.3 Å². The smallest absolute Gasteiger partial charge is 0.308 e. The van der Waals surface area contributed by atoms with Crippen LogP contribution >= 0.6 is 32.4 Å². The van der Waals surface area contributed by atoms with Gasteiger partial charge in [0.25, 0.3) is 4.21 Å². The molecule has 0 atom stereocenters. The van der Waals surface area contributed by atoms with E-state index in [9.17, 15) is 0 Å². The zero-order valence-electron chi connectivity index (χ0n) is 11.7. The monoisotopic (exact) mass is 437 g/mol. The van der Waals surface area contributed by atoms with E-state index in [4.69, 9.17) is 4.74 Å². The predicted octanol–water partition coefficient (Wildman–Crippen LogP) is 2.15. The molecule has 0 amide bonds. The van der Waals surface area contributed by atoms with Crippen LogP contribution in [0.15, 0.2) is 22.4 Å². The van der Waals surface area contributed by atoms with Crippen LogP contribution in [0.25, 0.3) is 11.1 Å². The number of nitrogens with one attached hydrogen (secondary N) is 1. The first-order valence-electron chi connectivity index (χ1n) is 6.04. The van der Waals surface area contributed by atoms with E-state index < -0.39 is 0 Å². The number of rotatable bonds is 2. The second kappa shape index (κ2) is 5.98. The summed E-state index contributed by atoms with van der Waals surface area (Å²) in [6, 6.07) is 6.27. The molecule has 6 heteroatoms. The van der Waals surface area contributed by atoms with Crippen molar-refractivity contribution in [2.45, 2.75) is 23.6 Å². The number of hydrogen-bond acceptors (Lipinski definition) is 4. The predicted molar refractivity (Wildman–Crippen MR) is 87.0 cm³/mol. The molecule has 2 nitrogen and oxygen atoms in total. The molecule has 2 heterocycles. The molecule has 0 aliphatic carbocycles.